The zero-order chi connectivity index (χ0) is 12.5. The lowest BCUT2D eigenvalue weighted by Gasteiger charge is -2.24. The van der Waals surface area contributed by atoms with Gasteiger partial charge in [0, 0.05) is 12.0 Å². The number of hydrogen-bond acceptors (Lipinski definition) is 2. The fourth-order valence-corrected chi connectivity index (χ4v) is 2.22. The van der Waals surface area contributed by atoms with Crippen LogP contribution < -0.4 is 0 Å². The third-order valence-electron chi connectivity index (χ3n) is 3.26. The lowest BCUT2D eigenvalue weighted by molar-refractivity contribution is -0.131. The SMILES string of the molecule is N#CC1CCC(CC/C=C/C=C/C(=O)O)CC1. The third-order valence-corrected chi connectivity index (χ3v) is 3.26. The predicted octanol–water partition coefficient (Wildman–Crippen LogP) is 3.29. The highest BCUT2D eigenvalue weighted by atomic mass is 16.4. The van der Waals surface area contributed by atoms with Gasteiger partial charge in [-0.3, -0.25) is 0 Å². The van der Waals surface area contributed by atoms with E-state index in [1.165, 1.54) is 0 Å². The van der Waals surface area contributed by atoms with Crippen LogP contribution in [0.15, 0.2) is 24.3 Å². The molecule has 0 unspecified atom stereocenters. The average Bonchev–Trinajstić information content (AvgIpc) is 2.34. The molecule has 1 N–H and O–H groups in total. The van der Waals surface area contributed by atoms with Gasteiger partial charge in [-0.2, -0.15) is 5.26 Å². The second-order valence-corrected chi connectivity index (χ2v) is 4.55. The van der Waals surface area contributed by atoms with E-state index >= 15 is 0 Å². The number of allylic oxidation sites excluding steroid dienone is 3. The summed E-state index contributed by atoms with van der Waals surface area (Å²) in [5.74, 6) is 0.109. The third kappa shape index (κ3) is 5.91. The van der Waals surface area contributed by atoms with Crippen LogP contribution in [-0.2, 0) is 4.79 Å². The van der Waals surface area contributed by atoms with Crippen LogP contribution in [0.2, 0.25) is 0 Å². The Hall–Kier alpha value is -1.56. The fourth-order valence-electron chi connectivity index (χ4n) is 2.22. The van der Waals surface area contributed by atoms with Crippen LogP contribution in [0.1, 0.15) is 38.5 Å². The molecule has 0 heterocycles. The summed E-state index contributed by atoms with van der Waals surface area (Å²) in [4.78, 5) is 10.2. The second kappa shape index (κ2) is 7.67. The number of aliphatic carboxylic acids is 1. The van der Waals surface area contributed by atoms with Gasteiger partial charge in [0.1, 0.15) is 0 Å². The Bertz CT molecular complexity index is 331. The molecule has 1 aliphatic rings. The van der Waals surface area contributed by atoms with Crippen LogP contribution >= 0.6 is 0 Å². The highest BCUT2D eigenvalue weighted by Gasteiger charge is 2.19. The average molecular weight is 233 g/mol. The Morgan fingerprint density at radius 1 is 1.29 bits per heavy atom. The van der Waals surface area contributed by atoms with Crippen molar-refractivity contribution in [2.24, 2.45) is 11.8 Å². The molecule has 1 aliphatic carbocycles. The molecule has 0 aromatic rings. The normalized spacial score (nSPS) is 25.1. The molecule has 0 atom stereocenters. The molecule has 0 aliphatic heterocycles. The van der Waals surface area contributed by atoms with E-state index in [1.54, 1.807) is 12.2 Å². The zero-order valence-electron chi connectivity index (χ0n) is 10.0. The van der Waals surface area contributed by atoms with E-state index in [4.69, 9.17) is 10.4 Å². The summed E-state index contributed by atoms with van der Waals surface area (Å²) < 4.78 is 0. The first kappa shape index (κ1) is 13.5. The largest absolute Gasteiger partial charge is 0.478 e. The van der Waals surface area contributed by atoms with Crippen molar-refractivity contribution in [3.63, 3.8) is 0 Å². The van der Waals surface area contributed by atoms with Gasteiger partial charge in [0.25, 0.3) is 0 Å². The van der Waals surface area contributed by atoms with Gasteiger partial charge >= 0.3 is 5.97 Å². The minimum atomic E-state index is -0.913. The van der Waals surface area contributed by atoms with Gasteiger partial charge in [0.05, 0.1) is 6.07 Å². The van der Waals surface area contributed by atoms with E-state index in [0.29, 0.717) is 0 Å². The molecule has 0 spiro atoms. The van der Waals surface area contributed by atoms with Gasteiger partial charge in [-0.1, -0.05) is 18.2 Å². The number of nitrogens with zero attached hydrogens (tertiary/aromatic N) is 1. The Balaban J connectivity index is 2.12. The fraction of sp³-hybridized carbons (Fsp3) is 0.571. The predicted molar refractivity (Wildman–Crippen MR) is 66.2 cm³/mol. The number of hydrogen-bond donors (Lipinski definition) is 1. The lowest BCUT2D eigenvalue weighted by Crippen LogP contribution is -2.12. The summed E-state index contributed by atoms with van der Waals surface area (Å²) in [5, 5.41) is 17.2. The maximum Gasteiger partial charge on any atom is 0.328 e. The Kier molecular flexibility index (Phi) is 6.09. The molecular formula is C14H19NO2. The summed E-state index contributed by atoms with van der Waals surface area (Å²) in [6, 6.07) is 2.34. The van der Waals surface area contributed by atoms with Crippen LogP contribution in [0.25, 0.3) is 0 Å². The zero-order valence-corrected chi connectivity index (χ0v) is 10.0. The second-order valence-electron chi connectivity index (χ2n) is 4.55. The minimum Gasteiger partial charge on any atom is -0.478 e. The Labute approximate surface area is 102 Å². The number of rotatable bonds is 5. The van der Waals surface area contributed by atoms with Crippen molar-refractivity contribution < 1.29 is 9.90 Å². The van der Waals surface area contributed by atoms with E-state index in [1.807, 2.05) is 6.08 Å². The molecule has 0 bridgehead atoms. The Morgan fingerprint density at radius 2 is 2.00 bits per heavy atom. The van der Waals surface area contributed by atoms with E-state index in [2.05, 4.69) is 6.07 Å². The summed E-state index contributed by atoms with van der Waals surface area (Å²) >= 11 is 0. The van der Waals surface area contributed by atoms with E-state index in [-0.39, 0.29) is 5.92 Å². The van der Waals surface area contributed by atoms with Gasteiger partial charge in [0.15, 0.2) is 0 Å². The van der Waals surface area contributed by atoms with Crippen molar-refractivity contribution in [1.29, 1.82) is 5.26 Å². The molecule has 1 saturated carbocycles. The first-order chi connectivity index (χ1) is 8.22. The van der Waals surface area contributed by atoms with E-state index < -0.39 is 5.97 Å². The van der Waals surface area contributed by atoms with Crippen molar-refractivity contribution in [3.8, 4) is 6.07 Å². The van der Waals surface area contributed by atoms with Crippen molar-refractivity contribution in [2.45, 2.75) is 38.5 Å². The number of carboxylic acid groups (broad SMARTS) is 1. The van der Waals surface area contributed by atoms with Crippen LogP contribution in [0.5, 0.6) is 0 Å². The summed E-state index contributed by atoms with van der Waals surface area (Å²) in [5.41, 5.74) is 0. The van der Waals surface area contributed by atoms with E-state index in [9.17, 15) is 4.79 Å². The number of nitriles is 1. The van der Waals surface area contributed by atoms with Crippen molar-refractivity contribution in [3.05, 3.63) is 24.3 Å². The molecule has 0 radical (unpaired) electrons. The van der Waals surface area contributed by atoms with Crippen LogP contribution in [0.4, 0.5) is 0 Å². The van der Waals surface area contributed by atoms with Crippen molar-refractivity contribution >= 4 is 5.97 Å². The molecule has 17 heavy (non-hydrogen) atoms. The minimum absolute atomic E-state index is 0.278. The maximum absolute atomic E-state index is 10.2. The molecule has 92 valence electrons. The standard InChI is InChI=1S/C14H19NO2/c15-11-13-9-7-12(8-10-13)5-3-1-2-4-6-14(16)17/h1-2,4,6,12-13H,3,5,7-10H2,(H,16,17)/b2-1+,6-4+. The summed E-state index contributed by atoms with van der Waals surface area (Å²) in [6.07, 6.45) is 13.0. The number of carboxylic acids is 1. The topological polar surface area (TPSA) is 61.1 Å². The smallest absolute Gasteiger partial charge is 0.328 e. The molecular weight excluding hydrogens is 214 g/mol. The van der Waals surface area contributed by atoms with Gasteiger partial charge in [-0.15, -0.1) is 0 Å². The first-order valence-corrected chi connectivity index (χ1v) is 6.18. The quantitative estimate of drug-likeness (QED) is 0.585. The molecule has 3 nitrogen and oxygen atoms in total. The molecule has 3 heteroatoms. The van der Waals surface area contributed by atoms with Gasteiger partial charge in [-0.05, 0) is 44.4 Å². The van der Waals surface area contributed by atoms with Gasteiger partial charge in [-0.25, -0.2) is 4.79 Å². The number of carbonyl (C=O) groups is 1. The Morgan fingerprint density at radius 3 is 2.59 bits per heavy atom. The first-order valence-electron chi connectivity index (χ1n) is 6.18. The molecule has 1 rings (SSSR count). The molecule has 1 fully saturated rings. The molecule has 0 aromatic heterocycles. The van der Waals surface area contributed by atoms with Gasteiger partial charge in [0.2, 0.25) is 0 Å². The van der Waals surface area contributed by atoms with Crippen LogP contribution in [0, 0.1) is 23.2 Å². The highest BCUT2D eigenvalue weighted by Crippen LogP contribution is 2.31. The van der Waals surface area contributed by atoms with E-state index in [0.717, 1.165) is 50.5 Å². The molecule has 0 aromatic carbocycles. The van der Waals surface area contributed by atoms with Crippen molar-refractivity contribution in [1.82, 2.24) is 0 Å². The van der Waals surface area contributed by atoms with Crippen LogP contribution in [-0.4, -0.2) is 11.1 Å². The lowest BCUT2D eigenvalue weighted by atomic mass is 9.81. The molecule has 0 amide bonds. The molecule has 0 saturated heterocycles. The van der Waals surface area contributed by atoms with Crippen molar-refractivity contribution in [2.75, 3.05) is 0 Å². The highest BCUT2D eigenvalue weighted by molar-refractivity contribution is 5.80. The maximum atomic E-state index is 10.2. The van der Waals surface area contributed by atoms with Crippen LogP contribution in [0.3, 0.4) is 0 Å². The summed E-state index contributed by atoms with van der Waals surface area (Å²) in [7, 11) is 0. The summed E-state index contributed by atoms with van der Waals surface area (Å²) in [6.45, 7) is 0. The van der Waals surface area contributed by atoms with Gasteiger partial charge < -0.3 is 5.11 Å². The monoisotopic (exact) mass is 233 g/mol.